The summed E-state index contributed by atoms with van der Waals surface area (Å²) in [6.45, 7) is 13.9. The van der Waals surface area contributed by atoms with Crippen molar-refractivity contribution >= 4 is 0 Å². The van der Waals surface area contributed by atoms with E-state index in [0.29, 0.717) is 0 Å². The molecule has 0 bridgehead atoms. The van der Waals surface area contributed by atoms with Crippen molar-refractivity contribution in [1.29, 1.82) is 0 Å². The maximum absolute atomic E-state index is 2.46. The third kappa shape index (κ3) is 3.53. The van der Waals surface area contributed by atoms with E-state index in [0.717, 1.165) is 12.8 Å². The Morgan fingerprint density at radius 2 is 1.32 bits per heavy atom. The normalized spacial score (nSPS) is 13.4. The monoisotopic (exact) mass is 368 g/mol. The van der Waals surface area contributed by atoms with Crippen molar-refractivity contribution in [3.8, 4) is 11.1 Å². The predicted molar refractivity (Wildman–Crippen MR) is 121 cm³/mol. The van der Waals surface area contributed by atoms with Gasteiger partial charge in [0.25, 0.3) is 0 Å². The highest BCUT2D eigenvalue weighted by atomic mass is 14.3. The van der Waals surface area contributed by atoms with E-state index in [9.17, 15) is 0 Å². The van der Waals surface area contributed by atoms with E-state index in [1.165, 1.54) is 44.5 Å². The van der Waals surface area contributed by atoms with Crippen LogP contribution in [-0.4, -0.2) is 0 Å². The molecule has 1 aliphatic carbocycles. The average molecular weight is 369 g/mol. The molecule has 0 aromatic heterocycles. The van der Waals surface area contributed by atoms with E-state index < -0.39 is 0 Å². The quantitative estimate of drug-likeness (QED) is 0.345. The van der Waals surface area contributed by atoms with Gasteiger partial charge < -0.3 is 0 Å². The van der Waals surface area contributed by atoms with Crippen LogP contribution in [0.4, 0.5) is 0 Å². The third-order valence-electron chi connectivity index (χ3n) is 6.03. The van der Waals surface area contributed by atoms with Crippen molar-refractivity contribution in [3.63, 3.8) is 0 Å². The third-order valence-corrected chi connectivity index (χ3v) is 6.03. The number of rotatable bonds is 2. The van der Waals surface area contributed by atoms with Crippen LogP contribution >= 0.6 is 0 Å². The van der Waals surface area contributed by atoms with Gasteiger partial charge in [-0.05, 0) is 68.2 Å². The Hall–Kier alpha value is -2.34. The first-order chi connectivity index (χ1) is 13.1. The minimum Gasteiger partial charge on any atom is -0.0622 e. The van der Waals surface area contributed by atoms with Crippen molar-refractivity contribution in [2.75, 3.05) is 0 Å². The Labute approximate surface area is 170 Å². The molecular formula is C28H32. The summed E-state index contributed by atoms with van der Waals surface area (Å²) >= 11 is 0. The van der Waals surface area contributed by atoms with E-state index in [2.05, 4.69) is 102 Å². The zero-order chi connectivity index (χ0) is 20.1. The molecule has 0 fully saturated rings. The first-order valence-electron chi connectivity index (χ1n) is 10.5. The first kappa shape index (κ1) is 19.0. The maximum atomic E-state index is 2.46. The van der Waals surface area contributed by atoms with Crippen molar-refractivity contribution in [1.82, 2.24) is 0 Å². The fraction of sp³-hybridized carbons (Fsp3) is 0.357. The fourth-order valence-corrected chi connectivity index (χ4v) is 4.30. The van der Waals surface area contributed by atoms with Crippen molar-refractivity contribution < 1.29 is 0 Å². The second kappa shape index (κ2) is 6.62. The van der Waals surface area contributed by atoms with Crippen molar-refractivity contribution in [2.24, 2.45) is 0 Å². The topological polar surface area (TPSA) is 0 Å². The molecule has 0 N–H and O–H groups in total. The molecule has 0 unspecified atom stereocenters. The summed E-state index contributed by atoms with van der Waals surface area (Å²) in [6.07, 6.45) is 2.05. The standard InChI is InChI=1S/C28H32/c1-27(2,3)23-12-13-25-20(16-23)15-22-18-24(28(4,5)6)17-21(26(22)25)14-19-10-8-7-9-11-19/h7-13,16-18H,14-15H2,1-6H3. The summed E-state index contributed by atoms with van der Waals surface area (Å²) in [4.78, 5) is 0. The zero-order valence-corrected chi connectivity index (χ0v) is 18.2. The van der Waals surface area contributed by atoms with Gasteiger partial charge in [0, 0.05) is 0 Å². The second-order valence-corrected chi connectivity index (χ2v) is 10.4. The highest BCUT2D eigenvalue weighted by Gasteiger charge is 2.26. The molecule has 0 nitrogen and oxygen atoms in total. The molecule has 3 aromatic rings. The Morgan fingerprint density at radius 3 is 1.96 bits per heavy atom. The molecule has 0 saturated carbocycles. The van der Waals surface area contributed by atoms with Gasteiger partial charge >= 0.3 is 0 Å². The van der Waals surface area contributed by atoms with Crippen LogP contribution in [0.2, 0.25) is 0 Å². The zero-order valence-electron chi connectivity index (χ0n) is 18.2. The largest absolute Gasteiger partial charge is 0.0622 e. The minimum absolute atomic E-state index is 0.159. The number of fused-ring (bicyclic) bond motifs is 3. The number of benzene rings is 3. The summed E-state index contributed by atoms with van der Waals surface area (Å²) < 4.78 is 0. The summed E-state index contributed by atoms with van der Waals surface area (Å²) in [5, 5.41) is 0. The van der Waals surface area contributed by atoms with Gasteiger partial charge in [0.2, 0.25) is 0 Å². The van der Waals surface area contributed by atoms with Gasteiger partial charge in [-0.2, -0.15) is 0 Å². The molecule has 0 heteroatoms. The lowest BCUT2D eigenvalue weighted by molar-refractivity contribution is 0.589. The van der Waals surface area contributed by atoms with Crippen molar-refractivity contribution in [2.45, 2.75) is 65.2 Å². The molecule has 0 amide bonds. The summed E-state index contributed by atoms with van der Waals surface area (Å²) in [5.41, 5.74) is 12.0. The van der Waals surface area contributed by atoms with Gasteiger partial charge in [0.1, 0.15) is 0 Å². The highest BCUT2D eigenvalue weighted by molar-refractivity contribution is 5.81. The van der Waals surface area contributed by atoms with Gasteiger partial charge in [0.05, 0.1) is 0 Å². The Balaban J connectivity index is 1.87. The van der Waals surface area contributed by atoms with Gasteiger partial charge in [-0.25, -0.2) is 0 Å². The molecule has 0 aliphatic heterocycles. The summed E-state index contributed by atoms with van der Waals surface area (Å²) in [5.74, 6) is 0. The van der Waals surface area contributed by atoms with Crippen molar-refractivity contribution in [3.05, 3.63) is 94.0 Å². The summed E-state index contributed by atoms with van der Waals surface area (Å²) in [6, 6.07) is 22.9. The van der Waals surface area contributed by atoms with Crippen LogP contribution in [0.5, 0.6) is 0 Å². The van der Waals surface area contributed by atoms with Crippen LogP contribution < -0.4 is 0 Å². The molecule has 3 aromatic carbocycles. The minimum atomic E-state index is 0.159. The highest BCUT2D eigenvalue weighted by Crippen LogP contribution is 2.43. The van der Waals surface area contributed by atoms with Gasteiger partial charge in [-0.1, -0.05) is 102 Å². The van der Waals surface area contributed by atoms with Crippen LogP contribution in [0.15, 0.2) is 60.7 Å². The van der Waals surface area contributed by atoms with E-state index in [-0.39, 0.29) is 10.8 Å². The van der Waals surface area contributed by atoms with Crippen LogP contribution in [0.1, 0.15) is 74.9 Å². The van der Waals surface area contributed by atoms with E-state index in [4.69, 9.17) is 0 Å². The molecule has 0 atom stereocenters. The molecule has 1 aliphatic rings. The Kier molecular flexibility index (Phi) is 4.49. The van der Waals surface area contributed by atoms with Crippen LogP contribution in [-0.2, 0) is 23.7 Å². The molecular weight excluding hydrogens is 336 g/mol. The van der Waals surface area contributed by atoms with Gasteiger partial charge in [-0.3, -0.25) is 0 Å². The fourth-order valence-electron chi connectivity index (χ4n) is 4.30. The lowest BCUT2D eigenvalue weighted by Gasteiger charge is -2.23. The molecule has 28 heavy (non-hydrogen) atoms. The smallest absolute Gasteiger partial charge is 0.00131 e. The SMILES string of the molecule is CC(C)(C)c1ccc2c(c1)Cc1cc(C(C)(C)C)cc(Cc3ccccc3)c1-2. The molecule has 0 saturated heterocycles. The molecule has 144 valence electrons. The van der Waals surface area contributed by atoms with E-state index in [1.807, 2.05) is 0 Å². The first-order valence-corrected chi connectivity index (χ1v) is 10.5. The molecule has 0 radical (unpaired) electrons. The maximum Gasteiger partial charge on any atom is -0.00131 e. The van der Waals surface area contributed by atoms with Crippen LogP contribution in [0, 0.1) is 0 Å². The lowest BCUT2D eigenvalue weighted by Crippen LogP contribution is -2.12. The molecule has 0 spiro atoms. The van der Waals surface area contributed by atoms with Gasteiger partial charge in [-0.15, -0.1) is 0 Å². The Bertz CT molecular complexity index is 1010. The predicted octanol–water partition coefficient (Wildman–Crippen LogP) is 7.44. The second-order valence-electron chi connectivity index (χ2n) is 10.4. The Morgan fingerprint density at radius 1 is 0.679 bits per heavy atom. The lowest BCUT2D eigenvalue weighted by atomic mass is 9.82. The van der Waals surface area contributed by atoms with Gasteiger partial charge in [0.15, 0.2) is 0 Å². The number of hydrogen-bond acceptors (Lipinski definition) is 0. The van der Waals surface area contributed by atoms with Crippen LogP contribution in [0.3, 0.4) is 0 Å². The molecule has 4 rings (SSSR count). The number of hydrogen-bond donors (Lipinski definition) is 0. The van der Waals surface area contributed by atoms with Crippen LogP contribution in [0.25, 0.3) is 11.1 Å². The summed E-state index contributed by atoms with van der Waals surface area (Å²) in [7, 11) is 0. The molecule has 0 heterocycles. The van der Waals surface area contributed by atoms with E-state index in [1.54, 1.807) is 0 Å². The van der Waals surface area contributed by atoms with E-state index >= 15 is 0 Å². The average Bonchev–Trinajstić information content (AvgIpc) is 2.99.